The monoisotopic (exact) mass is 578 g/mol. The minimum atomic E-state index is -1.10. The van der Waals surface area contributed by atoms with Crippen LogP contribution in [0.25, 0.3) is 10.8 Å². The largest absolute Gasteiger partial charge is 0.478 e. The average Bonchev–Trinajstić information content (AvgIpc) is 3.72. The van der Waals surface area contributed by atoms with Crippen LogP contribution in [-0.2, 0) is 19.1 Å². The number of aliphatic carboxylic acids is 1. The van der Waals surface area contributed by atoms with Gasteiger partial charge in [-0.3, -0.25) is 19.4 Å². The molecule has 1 heterocycles. The average molecular weight is 579 g/mol. The summed E-state index contributed by atoms with van der Waals surface area (Å²) in [6.45, 7) is 8.92. The number of nitrogens with zero attached hydrogens (tertiary/aromatic N) is 2. The molecule has 0 bridgehead atoms. The van der Waals surface area contributed by atoms with Gasteiger partial charge < -0.3 is 20.5 Å². The molecular weight excluding hydrogens is 536 g/mol. The van der Waals surface area contributed by atoms with E-state index in [-0.39, 0.29) is 31.1 Å². The molecular formula is C32H42N4O6. The van der Waals surface area contributed by atoms with Crippen LogP contribution < -0.4 is 10.6 Å². The van der Waals surface area contributed by atoms with Crippen LogP contribution in [0.2, 0.25) is 0 Å². The summed E-state index contributed by atoms with van der Waals surface area (Å²) >= 11 is 0. The first-order valence-electron chi connectivity index (χ1n) is 14.6. The Balaban J connectivity index is 1.40. The maximum Gasteiger partial charge on any atom is 0.411 e. The lowest BCUT2D eigenvalue weighted by molar-refractivity contribution is -0.131. The smallest absolute Gasteiger partial charge is 0.411 e. The minimum absolute atomic E-state index is 0.0442. The number of likely N-dealkylation sites (tertiary alicyclic amines) is 1. The zero-order chi connectivity index (χ0) is 30.5. The van der Waals surface area contributed by atoms with Gasteiger partial charge >= 0.3 is 12.1 Å². The van der Waals surface area contributed by atoms with E-state index in [1.807, 2.05) is 6.07 Å². The Kier molecular flexibility index (Phi) is 9.56. The first-order valence-corrected chi connectivity index (χ1v) is 14.6. The summed E-state index contributed by atoms with van der Waals surface area (Å²) < 4.78 is 5.68. The van der Waals surface area contributed by atoms with E-state index in [1.165, 1.54) is 27.3 Å². The Labute approximate surface area is 247 Å². The van der Waals surface area contributed by atoms with E-state index in [4.69, 9.17) is 9.84 Å². The summed E-state index contributed by atoms with van der Waals surface area (Å²) in [4.78, 5) is 53.7. The lowest BCUT2D eigenvalue weighted by atomic mass is 9.95. The Morgan fingerprint density at radius 2 is 1.76 bits per heavy atom. The van der Waals surface area contributed by atoms with Crippen LogP contribution in [0, 0.1) is 0 Å². The number of carboxylic acid groups (broad SMARTS) is 1. The third-order valence-corrected chi connectivity index (χ3v) is 7.91. The standard InChI is InChI=1S/C32H42N4O6/c1-22(25-12-7-10-23-9-5-6-11-26(23)25)35-19-14-24(15-20-35)36(30(41)42-31(2,3)4)21-27(37)34-32(16-17-32)29(40)33-18-8-13-28(38)39/h5-13,22,24H,14-21H2,1-4H3,(H,33,40)(H,34,37)(H,38,39)/b13-8+. The predicted octanol–water partition coefficient (Wildman–Crippen LogP) is 4.01. The van der Waals surface area contributed by atoms with Gasteiger partial charge in [-0.25, -0.2) is 9.59 Å². The molecule has 1 saturated carbocycles. The van der Waals surface area contributed by atoms with E-state index in [2.05, 4.69) is 58.9 Å². The van der Waals surface area contributed by atoms with Crippen molar-refractivity contribution < 1.29 is 29.0 Å². The molecule has 0 radical (unpaired) electrons. The third kappa shape index (κ3) is 7.88. The Hall–Kier alpha value is -3.92. The highest BCUT2D eigenvalue weighted by Gasteiger charge is 2.51. The van der Waals surface area contributed by atoms with Crippen molar-refractivity contribution in [3.8, 4) is 0 Å². The van der Waals surface area contributed by atoms with E-state index in [9.17, 15) is 19.2 Å². The van der Waals surface area contributed by atoms with E-state index in [0.717, 1.165) is 19.2 Å². The minimum Gasteiger partial charge on any atom is -0.478 e. The molecule has 2 aliphatic rings. The second kappa shape index (κ2) is 12.9. The molecule has 2 fully saturated rings. The summed E-state index contributed by atoms with van der Waals surface area (Å²) in [7, 11) is 0. The lowest BCUT2D eigenvalue weighted by Gasteiger charge is -2.41. The third-order valence-electron chi connectivity index (χ3n) is 7.91. The van der Waals surface area contributed by atoms with Crippen LogP contribution in [0.15, 0.2) is 54.6 Å². The molecule has 226 valence electrons. The molecule has 3 N–H and O–H groups in total. The van der Waals surface area contributed by atoms with Crippen molar-refractivity contribution in [1.29, 1.82) is 0 Å². The molecule has 10 heteroatoms. The number of carbonyl (C=O) groups excluding carboxylic acids is 3. The van der Waals surface area contributed by atoms with Crippen molar-refractivity contribution in [3.05, 3.63) is 60.2 Å². The maximum atomic E-state index is 13.3. The number of carboxylic acids is 1. The summed E-state index contributed by atoms with van der Waals surface area (Å²) in [6.07, 6.45) is 4.05. The predicted molar refractivity (Wildman–Crippen MR) is 160 cm³/mol. The molecule has 2 aromatic rings. The summed E-state index contributed by atoms with van der Waals surface area (Å²) in [6, 6.07) is 14.7. The van der Waals surface area contributed by atoms with Crippen LogP contribution in [0.4, 0.5) is 4.79 Å². The van der Waals surface area contributed by atoms with Crippen LogP contribution in [0.3, 0.4) is 0 Å². The molecule has 2 aromatic carbocycles. The van der Waals surface area contributed by atoms with Crippen molar-refractivity contribution >= 4 is 34.6 Å². The van der Waals surface area contributed by atoms with Crippen LogP contribution in [0.5, 0.6) is 0 Å². The highest BCUT2D eigenvalue weighted by Crippen LogP contribution is 2.36. The molecule has 1 unspecified atom stereocenters. The number of rotatable bonds is 10. The van der Waals surface area contributed by atoms with Crippen LogP contribution in [0.1, 0.15) is 65.0 Å². The highest BCUT2D eigenvalue weighted by atomic mass is 16.6. The normalized spacial score (nSPS) is 17.9. The van der Waals surface area contributed by atoms with Gasteiger partial charge in [-0.15, -0.1) is 0 Å². The van der Waals surface area contributed by atoms with Crippen molar-refractivity contribution in [2.45, 2.75) is 76.6 Å². The maximum absolute atomic E-state index is 13.3. The summed E-state index contributed by atoms with van der Waals surface area (Å²) in [5, 5.41) is 16.6. The van der Waals surface area contributed by atoms with Gasteiger partial charge in [-0.05, 0) is 69.7 Å². The Morgan fingerprint density at radius 3 is 2.40 bits per heavy atom. The fourth-order valence-corrected chi connectivity index (χ4v) is 5.54. The zero-order valence-corrected chi connectivity index (χ0v) is 24.9. The van der Waals surface area contributed by atoms with E-state index in [1.54, 1.807) is 20.8 Å². The number of fused-ring (bicyclic) bond motifs is 1. The molecule has 1 aliphatic carbocycles. The number of hydrogen-bond acceptors (Lipinski definition) is 6. The number of hydrogen-bond donors (Lipinski definition) is 3. The molecule has 4 rings (SSSR count). The number of ether oxygens (including phenoxy) is 1. The van der Waals surface area contributed by atoms with Gasteiger partial charge in [0.1, 0.15) is 17.7 Å². The fraction of sp³-hybridized carbons (Fsp3) is 0.500. The first kappa shape index (κ1) is 31.0. The first-order chi connectivity index (χ1) is 19.9. The van der Waals surface area contributed by atoms with Crippen LogP contribution in [-0.4, -0.2) is 82.1 Å². The van der Waals surface area contributed by atoms with Gasteiger partial charge in [-0.1, -0.05) is 48.5 Å². The lowest BCUT2D eigenvalue weighted by Crippen LogP contribution is -2.55. The Bertz CT molecular complexity index is 1330. The molecule has 1 saturated heterocycles. The van der Waals surface area contributed by atoms with Crippen molar-refractivity contribution in [2.75, 3.05) is 26.2 Å². The van der Waals surface area contributed by atoms with Gasteiger partial charge in [0, 0.05) is 37.8 Å². The van der Waals surface area contributed by atoms with Gasteiger partial charge in [0.15, 0.2) is 0 Å². The second-order valence-corrected chi connectivity index (χ2v) is 12.2. The highest BCUT2D eigenvalue weighted by molar-refractivity contribution is 5.95. The van der Waals surface area contributed by atoms with Crippen molar-refractivity contribution in [1.82, 2.24) is 20.4 Å². The molecule has 0 aromatic heterocycles. The summed E-state index contributed by atoms with van der Waals surface area (Å²) in [5.41, 5.74) is -0.497. The van der Waals surface area contributed by atoms with Crippen LogP contribution >= 0.6 is 0 Å². The number of amides is 3. The molecule has 1 aliphatic heterocycles. The molecule has 10 nitrogen and oxygen atoms in total. The second-order valence-electron chi connectivity index (χ2n) is 12.2. The van der Waals surface area contributed by atoms with Gasteiger partial charge in [0.2, 0.25) is 11.8 Å². The molecule has 3 amide bonds. The fourth-order valence-electron chi connectivity index (χ4n) is 5.54. The van der Waals surface area contributed by atoms with Gasteiger partial charge in [0.25, 0.3) is 0 Å². The topological polar surface area (TPSA) is 128 Å². The van der Waals surface area contributed by atoms with Gasteiger partial charge in [0.05, 0.1) is 0 Å². The molecule has 42 heavy (non-hydrogen) atoms. The number of carbonyl (C=O) groups is 4. The molecule has 0 spiro atoms. The van der Waals surface area contributed by atoms with Gasteiger partial charge in [-0.2, -0.15) is 0 Å². The summed E-state index contributed by atoms with van der Waals surface area (Å²) in [5.74, 6) is -1.90. The SMILES string of the molecule is CC(c1cccc2ccccc12)N1CCC(N(CC(=O)NC2(C(=O)NC/C=C/C(=O)O)CC2)C(=O)OC(C)(C)C)CC1. The van der Waals surface area contributed by atoms with E-state index >= 15 is 0 Å². The Morgan fingerprint density at radius 1 is 1.10 bits per heavy atom. The van der Waals surface area contributed by atoms with E-state index in [0.29, 0.717) is 25.7 Å². The molecule has 1 atom stereocenters. The number of nitrogens with one attached hydrogen (secondary N) is 2. The quantitative estimate of drug-likeness (QED) is 0.364. The number of piperidine rings is 1. The zero-order valence-electron chi connectivity index (χ0n) is 24.9. The number of benzene rings is 2. The van der Waals surface area contributed by atoms with E-state index < -0.39 is 29.1 Å². The van der Waals surface area contributed by atoms with Crippen molar-refractivity contribution in [2.24, 2.45) is 0 Å². The van der Waals surface area contributed by atoms with Crippen molar-refractivity contribution in [3.63, 3.8) is 0 Å².